The van der Waals surface area contributed by atoms with E-state index in [-0.39, 0.29) is 60.1 Å². The number of ether oxygens (including phenoxy) is 2. The highest BCUT2D eigenvalue weighted by Crippen LogP contribution is 2.32. The van der Waals surface area contributed by atoms with Crippen molar-refractivity contribution < 1.29 is 32.6 Å². The van der Waals surface area contributed by atoms with Gasteiger partial charge in [0.15, 0.2) is 0 Å². The highest BCUT2D eigenvalue weighted by Gasteiger charge is 2.35. The van der Waals surface area contributed by atoms with Crippen molar-refractivity contribution in [2.75, 3.05) is 39.2 Å². The van der Waals surface area contributed by atoms with E-state index >= 15 is 0 Å². The molecule has 11 nitrogen and oxygen atoms in total. The number of fused-ring (bicyclic) bond motifs is 2. The van der Waals surface area contributed by atoms with Gasteiger partial charge in [0.1, 0.15) is 17.6 Å². The number of amides is 2. The maximum Gasteiger partial charge on any atom is 0.258 e. The van der Waals surface area contributed by atoms with E-state index < -0.39 is 22.2 Å². The smallest absolute Gasteiger partial charge is 0.258 e. The summed E-state index contributed by atoms with van der Waals surface area (Å²) in [7, 11) is 1.07. The van der Waals surface area contributed by atoms with Crippen LogP contribution in [0.3, 0.4) is 0 Å². The van der Waals surface area contributed by atoms with Crippen LogP contribution in [0.15, 0.2) is 77.8 Å². The number of sulfonamides is 1. The van der Waals surface area contributed by atoms with E-state index in [2.05, 4.69) is 5.32 Å². The van der Waals surface area contributed by atoms with Gasteiger partial charge >= 0.3 is 0 Å². The average molecular weight is 649 g/mol. The number of likely N-dealkylation sites (N-methyl/N-ethyl adjacent to an activating group) is 1. The highest BCUT2D eigenvalue weighted by atomic mass is 32.2. The van der Waals surface area contributed by atoms with Gasteiger partial charge in [-0.05, 0) is 61.0 Å². The molecule has 2 heterocycles. The van der Waals surface area contributed by atoms with Gasteiger partial charge in [-0.2, -0.15) is 4.31 Å². The van der Waals surface area contributed by atoms with Crippen LogP contribution in [-0.4, -0.2) is 85.1 Å². The summed E-state index contributed by atoms with van der Waals surface area (Å²) in [5, 5.41) is 13.9. The van der Waals surface area contributed by atoms with Gasteiger partial charge in [0.25, 0.3) is 5.91 Å². The third-order valence-electron chi connectivity index (χ3n) is 8.48. The van der Waals surface area contributed by atoms with E-state index in [1.807, 2.05) is 49.0 Å². The molecule has 0 saturated heterocycles. The summed E-state index contributed by atoms with van der Waals surface area (Å²) in [5.41, 5.74) is 2.54. The number of methoxy groups -OCH3 is 1. The van der Waals surface area contributed by atoms with E-state index in [0.717, 1.165) is 16.5 Å². The molecule has 1 aromatic heterocycles. The maximum atomic E-state index is 13.8. The summed E-state index contributed by atoms with van der Waals surface area (Å²) in [6, 6.07) is 18.4. The number of aliphatic hydroxyl groups excluding tert-OH is 1. The number of carbonyl (C=O) groups is 2. The molecule has 1 aliphatic heterocycles. The van der Waals surface area contributed by atoms with Crippen molar-refractivity contribution in [2.45, 2.75) is 37.3 Å². The monoisotopic (exact) mass is 648 g/mol. The Morgan fingerprint density at radius 1 is 1.15 bits per heavy atom. The fourth-order valence-corrected chi connectivity index (χ4v) is 6.93. The molecule has 0 saturated carbocycles. The van der Waals surface area contributed by atoms with E-state index in [1.165, 1.54) is 30.6 Å². The molecule has 3 atom stereocenters. The van der Waals surface area contributed by atoms with Crippen LogP contribution in [0, 0.1) is 5.92 Å². The fourth-order valence-electron chi connectivity index (χ4n) is 5.74. The first-order valence-corrected chi connectivity index (χ1v) is 16.5. The third-order valence-corrected chi connectivity index (χ3v) is 10.3. The molecule has 0 radical (unpaired) electrons. The molecule has 0 unspecified atom stereocenters. The van der Waals surface area contributed by atoms with Crippen LogP contribution >= 0.6 is 0 Å². The van der Waals surface area contributed by atoms with Crippen LogP contribution in [0.25, 0.3) is 10.9 Å². The molecular weight excluding hydrogens is 608 g/mol. The number of nitrogens with zero attached hydrogens (tertiary/aromatic N) is 3. The Kier molecular flexibility index (Phi) is 9.71. The van der Waals surface area contributed by atoms with Crippen LogP contribution in [0.5, 0.6) is 11.5 Å². The molecular formula is C34H40N4O7S. The largest absolute Gasteiger partial charge is 0.497 e. The van der Waals surface area contributed by atoms with Crippen LogP contribution in [0.4, 0.5) is 5.69 Å². The van der Waals surface area contributed by atoms with Crippen LogP contribution < -0.4 is 14.8 Å². The van der Waals surface area contributed by atoms with Crippen molar-refractivity contribution in [2.24, 2.45) is 13.0 Å². The standard InChI is InChI=1S/C34H40N4O7S/c1-22-18-38(23(2)21-39)34(41)29-17-25(35-33(40)16-24-19-36(3)30-9-7-6-8-28(24)30)10-15-31(29)45-32(22)20-37(4)46(42,43)27-13-11-26(44-5)12-14-27/h6-15,17,19,22-23,32,39H,16,18,20-21H2,1-5H3,(H,35,40)/t22-,23-,32+/m1/s1. The van der Waals surface area contributed by atoms with E-state index in [1.54, 1.807) is 42.2 Å². The maximum absolute atomic E-state index is 13.8. The van der Waals surface area contributed by atoms with Gasteiger partial charge in [-0.15, -0.1) is 0 Å². The van der Waals surface area contributed by atoms with Gasteiger partial charge in [0.05, 0.1) is 43.2 Å². The number of aromatic nitrogens is 1. The van der Waals surface area contributed by atoms with Crippen LogP contribution in [-0.2, 0) is 28.3 Å². The summed E-state index contributed by atoms with van der Waals surface area (Å²) < 4.78 is 41.6. The fraction of sp³-hybridized carbons (Fsp3) is 0.353. The number of hydrogen-bond acceptors (Lipinski definition) is 7. The Hall–Kier alpha value is -4.39. The minimum Gasteiger partial charge on any atom is -0.497 e. The van der Waals surface area contributed by atoms with Crippen molar-refractivity contribution in [1.29, 1.82) is 0 Å². The van der Waals surface area contributed by atoms with Crippen molar-refractivity contribution in [3.8, 4) is 11.5 Å². The number of aliphatic hydroxyl groups is 1. The van der Waals surface area contributed by atoms with Gasteiger partial charge in [-0.25, -0.2) is 8.42 Å². The lowest BCUT2D eigenvalue weighted by atomic mass is 9.99. The molecule has 4 aromatic rings. The number of hydrogen-bond donors (Lipinski definition) is 2. The van der Waals surface area contributed by atoms with Crippen molar-refractivity contribution in [1.82, 2.24) is 13.8 Å². The SMILES string of the molecule is COc1ccc(S(=O)(=O)N(C)C[C@@H]2Oc3ccc(NC(=O)Cc4cn(C)c5ccccc45)cc3C(=O)N([C@H](C)CO)C[C@H]2C)cc1. The zero-order chi connectivity index (χ0) is 33.2. The van der Waals surface area contributed by atoms with Gasteiger partial charge < -0.3 is 29.4 Å². The van der Waals surface area contributed by atoms with Gasteiger partial charge in [0.2, 0.25) is 15.9 Å². The topological polar surface area (TPSA) is 130 Å². The normalized spacial score (nSPS) is 17.6. The van der Waals surface area contributed by atoms with Gasteiger partial charge in [0, 0.05) is 49.3 Å². The lowest BCUT2D eigenvalue weighted by Crippen LogP contribution is -2.50. The molecule has 0 fully saturated rings. The second-order valence-electron chi connectivity index (χ2n) is 11.8. The summed E-state index contributed by atoms with van der Waals surface area (Å²) in [6.07, 6.45) is 1.44. The van der Waals surface area contributed by atoms with Crippen molar-refractivity contribution in [3.05, 3.63) is 84.1 Å². The lowest BCUT2D eigenvalue weighted by Gasteiger charge is -2.38. The zero-order valence-electron chi connectivity index (χ0n) is 26.6. The number of nitrogens with one attached hydrogen (secondary N) is 1. The summed E-state index contributed by atoms with van der Waals surface area (Å²) in [4.78, 5) is 28.7. The number of rotatable bonds is 10. The number of anilines is 1. The highest BCUT2D eigenvalue weighted by molar-refractivity contribution is 7.89. The number of carbonyl (C=O) groups excluding carboxylic acids is 2. The van der Waals surface area contributed by atoms with E-state index in [4.69, 9.17) is 9.47 Å². The van der Waals surface area contributed by atoms with Crippen LogP contribution in [0.2, 0.25) is 0 Å². The molecule has 2 amide bonds. The Labute approximate surface area is 269 Å². The van der Waals surface area contributed by atoms with Gasteiger partial charge in [-0.1, -0.05) is 25.1 Å². The first kappa shape index (κ1) is 33.0. The molecule has 244 valence electrons. The number of benzene rings is 3. The Morgan fingerprint density at radius 3 is 2.57 bits per heavy atom. The Bertz CT molecular complexity index is 1840. The second-order valence-corrected chi connectivity index (χ2v) is 13.8. The van der Waals surface area contributed by atoms with E-state index in [9.17, 15) is 23.1 Å². The Morgan fingerprint density at radius 2 is 1.87 bits per heavy atom. The molecule has 3 aromatic carbocycles. The van der Waals surface area contributed by atoms with Gasteiger partial charge in [-0.3, -0.25) is 9.59 Å². The van der Waals surface area contributed by atoms with Crippen molar-refractivity contribution in [3.63, 3.8) is 0 Å². The number of para-hydroxylation sites is 1. The van der Waals surface area contributed by atoms with Crippen LogP contribution in [0.1, 0.15) is 29.8 Å². The molecule has 12 heteroatoms. The predicted molar refractivity (Wildman–Crippen MR) is 176 cm³/mol. The molecule has 0 spiro atoms. The molecule has 2 N–H and O–H groups in total. The molecule has 1 aliphatic rings. The lowest BCUT2D eigenvalue weighted by molar-refractivity contribution is -0.115. The first-order chi connectivity index (χ1) is 21.9. The molecule has 0 bridgehead atoms. The first-order valence-electron chi connectivity index (χ1n) is 15.1. The average Bonchev–Trinajstić information content (AvgIpc) is 3.36. The van der Waals surface area contributed by atoms with E-state index in [0.29, 0.717) is 11.4 Å². The summed E-state index contributed by atoms with van der Waals surface area (Å²) >= 11 is 0. The molecule has 5 rings (SSSR count). The summed E-state index contributed by atoms with van der Waals surface area (Å²) in [6.45, 7) is 3.60. The van der Waals surface area contributed by atoms with Crippen molar-refractivity contribution >= 4 is 38.4 Å². The minimum absolute atomic E-state index is 0.00796. The minimum atomic E-state index is -3.86. The quantitative estimate of drug-likeness (QED) is 0.267. The molecule has 46 heavy (non-hydrogen) atoms. The predicted octanol–water partition coefficient (Wildman–Crippen LogP) is 3.91. The third kappa shape index (κ3) is 6.74. The zero-order valence-corrected chi connectivity index (χ0v) is 27.5. The Balaban J connectivity index is 1.40. The second kappa shape index (κ2) is 13.5. The summed E-state index contributed by atoms with van der Waals surface area (Å²) in [5.74, 6) is -0.0834. The number of aryl methyl sites for hydroxylation is 1. The molecule has 0 aliphatic carbocycles.